The molecule has 1 aliphatic carbocycles. The molecule has 168 valence electrons. The van der Waals surface area contributed by atoms with Gasteiger partial charge in [0.15, 0.2) is 0 Å². The van der Waals surface area contributed by atoms with E-state index in [1.54, 1.807) is 36.2 Å². The Morgan fingerprint density at radius 3 is 2.61 bits per heavy atom. The lowest BCUT2D eigenvalue weighted by atomic mass is 9.80. The number of carbonyl (C=O) groups is 3. The molecule has 0 radical (unpaired) electrons. The standard InChI is InChI=1S/C26H25N3O4/c1-16(23-15-17-8-3-6-13-22(17)33-23)28(2)25(31)18-9-7-10-19(14-18)29-26(32)21-12-5-4-11-20(21)24(30)27-29/h3-10,13-16,20-21H,11-12H2,1-2H3,(H,27,30). The molecule has 1 N–H and O–H groups in total. The van der Waals surface area contributed by atoms with Crippen molar-refractivity contribution in [2.24, 2.45) is 11.8 Å². The summed E-state index contributed by atoms with van der Waals surface area (Å²) in [6.45, 7) is 1.91. The summed E-state index contributed by atoms with van der Waals surface area (Å²) in [4.78, 5) is 40.5. The molecule has 33 heavy (non-hydrogen) atoms. The summed E-state index contributed by atoms with van der Waals surface area (Å²) in [6, 6.07) is 16.1. The van der Waals surface area contributed by atoms with E-state index in [1.807, 2.05) is 49.4 Å². The fourth-order valence-corrected chi connectivity index (χ4v) is 4.54. The third-order valence-corrected chi connectivity index (χ3v) is 6.64. The maximum Gasteiger partial charge on any atom is 0.254 e. The second kappa shape index (κ2) is 8.24. The number of nitrogens with one attached hydrogen (secondary N) is 1. The normalized spacial score (nSPS) is 21.0. The van der Waals surface area contributed by atoms with E-state index in [2.05, 4.69) is 5.43 Å². The zero-order valence-electron chi connectivity index (χ0n) is 18.5. The molecule has 0 spiro atoms. The highest BCUT2D eigenvalue weighted by molar-refractivity contribution is 6.05. The van der Waals surface area contributed by atoms with Gasteiger partial charge in [0.05, 0.1) is 23.6 Å². The van der Waals surface area contributed by atoms with E-state index in [1.165, 1.54) is 5.01 Å². The van der Waals surface area contributed by atoms with Gasteiger partial charge in [-0.3, -0.25) is 19.8 Å². The third-order valence-electron chi connectivity index (χ3n) is 6.64. The lowest BCUT2D eigenvalue weighted by Crippen LogP contribution is -2.59. The minimum Gasteiger partial charge on any atom is -0.459 e. The van der Waals surface area contributed by atoms with Crippen LogP contribution >= 0.6 is 0 Å². The number of para-hydroxylation sites is 1. The largest absolute Gasteiger partial charge is 0.459 e. The monoisotopic (exact) mass is 443 g/mol. The van der Waals surface area contributed by atoms with Gasteiger partial charge in [-0.25, -0.2) is 5.01 Å². The zero-order chi connectivity index (χ0) is 23.1. The number of hydrogen-bond acceptors (Lipinski definition) is 4. The van der Waals surface area contributed by atoms with Crippen LogP contribution in [0.3, 0.4) is 0 Å². The van der Waals surface area contributed by atoms with Crippen molar-refractivity contribution in [1.29, 1.82) is 0 Å². The van der Waals surface area contributed by atoms with Gasteiger partial charge in [0.25, 0.3) is 5.91 Å². The summed E-state index contributed by atoms with van der Waals surface area (Å²) < 4.78 is 5.93. The molecule has 3 aromatic rings. The Bertz CT molecular complexity index is 1240. The minimum absolute atomic E-state index is 0.155. The number of hydrazine groups is 1. The van der Waals surface area contributed by atoms with Crippen LogP contribution in [0.5, 0.6) is 0 Å². The van der Waals surface area contributed by atoms with Crippen LogP contribution in [-0.2, 0) is 9.59 Å². The highest BCUT2D eigenvalue weighted by Gasteiger charge is 2.42. The second-order valence-corrected chi connectivity index (χ2v) is 8.63. The van der Waals surface area contributed by atoms with Crippen LogP contribution in [-0.4, -0.2) is 29.7 Å². The molecule has 1 aliphatic heterocycles. The molecule has 0 bridgehead atoms. The fraction of sp³-hybridized carbons (Fsp3) is 0.269. The maximum absolute atomic E-state index is 13.3. The van der Waals surface area contributed by atoms with Gasteiger partial charge in [-0.1, -0.05) is 36.4 Å². The predicted molar refractivity (Wildman–Crippen MR) is 124 cm³/mol. The van der Waals surface area contributed by atoms with Crippen LogP contribution in [0.1, 0.15) is 41.9 Å². The number of benzene rings is 2. The molecule has 2 aliphatic rings. The Labute approximate surface area is 191 Å². The highest BCUT2D eigenvalue weighted by Crippen LogP contribution is 2.33. The Balaban J connectivity index is 1.38. The van der Waals surface area contributed by atoms with Crippen molar-refractivity contribution in [3.05, 3.63) is 78.1 Å². The van der Waals surface area contributed by atoms with Crippen LogP contribution in [0.15, 0.2) is 71.2 Å². The van der Waals surface area contributed by atoms with Gasteiger partial charge in [-0.05, 0) is 50.1 Å². The highest BCUT2D eigenvalue weighted by atomic mass is 16.3. The first-order valence-electron chi connectivity index (χ1n) is 11.1. The van der Waals surface area contributed by atoms with Crippen LogP contribution in [0.2, 0.25) is 0 Å². The number of rotatable bonds is 4. The zero-order valence-corrected chi connectivity index (χ0v) is 18.5. The molecule has 0 saturated carbocycles. The number of hydrogen-bond donors (Lipinski definition) is 1. The van der Waals surface area contributed by atoms with Gasteiger partial charge in [0.1, 0.15) is 11.3 Å². The van der Waals surface area contributed by atoms with Crippen molar-refractivity contribution >= 4 is 34.4 Å². The number of allylic oxidation sites excluding steroid dienone is 2. The quantitative estimate of drug-likeness (QED) is 0.612. The minimum atomic E-state index is -0.376. The van der Waals surface area contributed by atoms with Crippen molar-refractivity contribution < 1.29 is 18.8 Å². The summed E-state index contributed by atoms with van der Waals surface area (Å²) in [7, 11) is 1.72. The Morgan fingerprint density at radius 2 is 1.82 bits per heavy atom. The lowest BCUT2D eigenvalue weighted by molar-refractivity contribution is -0.139. The summed E-state index contributed by atoms with van der Waals surface area (Å²) in [5.41, 5.74) is 4.38. The molecule has 3 unspecified atom stereocenters. The van der Waals surface area contributed by atoms with Gasteiger partial charge in [-0.2, -0.15) is 0 Å². The average molecular weight is 444 g/mol. The summed E-state index contributed by atoms with van der Waals surface area (Å²) in [5, 5.41) is 2.26. The van der Waals surface area contributed by atoms with Crippen molar-refractivity contribution in [3.63, 3.8) is 0 Å². The topological polar surface area (TPSA) is 82.9 Å². The van der Waals surface area contributed by atoms with Crippen molar-refractivity contribution in [2.45, 2.75) is 25.8 Å². The fourth-order valence-electron chi connectivity index (χ4n) is 4.54. The van der Waals surface area contributed by atoms with E-state index in [9.17, 15) is 14.4 Å². The van der Waals surface area contributed by atoms with Gasteiger partial charge in [0, 0.05) is 18.0 Å². The van der Waals surface area contributed by atoms with Crippen LogP contribution in [0.25, 0.3) is 11.0 Å². The van der Waals surface area contributed by atoms with Crippen LogP contribution in [0, 0.1) is 11.8 Å². The molecule has 5 rings (SSSR count). The van der Waals surface area contributed by atoms with Crippen molar-refractivity contribution in [1.82, 2.24) is 10.3 Å². The van der Waals surface area contributed by atoms with E-state index >= 15 is 0 Å². The van der Waals surface area contributed by atoms with E-state index in [0.29, 0.717) is 29.9 Å². The molecule has 2 aromatic carbocycles. The Kier molecular flexibility index (Phi) is 5.24. The molecule has 1 aromatic heterocycles. The lowest BCUT2D eigenvalue weighted by Gasteiger charge is -2.38. The number of fused-ring (bicyclic) bond motifs is 2. The van der Waals surface area contributed by atoms with Gasteiger partial charge >= 0.3 is 0 Å². The van der Waals surface area contributed by atoms with Crippen LogP contribution < -0.4 is 10.4 Å². The molecule has 7 heteroatoms. The molecule has 1 fully saturated rings. The number of amides is 3. The molecule has 3 atom stereocenters. The Hall–Kier alpha value is -3.87. The van der Waals surface area contributed by atoms with Crippen LogP contribution in [0.4, 0.5) is 5.69 Å². The van der Waals surface area contributed by atoms with E-state index < -0.39 is 0 Å². The molecule has 1 saturated heterocycles. The van der Waals surface area contributed by atoms with Gasteiger partial charge in [0.2, 0.25) is 11.8 Å². The van der Waals surface area contributed by atoms with Gasteiger partial charge in [-0.15, -0.1) is 0 Å². The predicted octanol–water partition coefficient (Wildman–Crippen LogP) is 4.23. The summed E-state index contributed by atoms with van der Waals surface area (Å²) in [5.74, 6) is -0.552. The number of furan rings is 1. The summed E-state index contributed by atoms with van der Waals surface area (Å²) in [6.07, 6.45) is 5.01. The molecule has 2 heterocycles. The van der Waals surface area contributed by atoms with Crippen molar-refractivity contribution in [2.75, 3.05) is 12.1 Å². The first kappa shape index (κ1) is 21.0. The Morgan fingerprint density at radius 1 is 1.06 bits per heavy atom. The molecular formula is C26H25N3O4. The maximum atomic E-state index is 13.3. The number of nitrogens with zero attached hydrogens (tertiary/aromatic N) is 2. The number of anilines is 1. The van der Waals surface area contributed by atoms with Gasteiger partial charge < -0.3 is 9.32 Å². The first-order chi connectivity index (χ1) is 15.9. The molecular weight excluding hydrogens is 418 g/mol. The van der Waals surface area contributed by atoms with Crippen molar-refractivity contribution in [3.8, 4) is 0 Å². The van der Waals surface area contributed by atoms with E-state index in [-0.39, 0.29) is 35.6 Å². The average Bonchev–Trinajstić information content (AvgIpc) is 3.29. The molecule has 7 nitrogen and oxygen atoms in total. The number of carbonyl (C=O) groups excluding carboxylic acids is 3. The van der Waals surface area contributed by atoms with E-state index in [4.69, 9.17) is 4.42 Å². The summed E-state index contributed by atoms with van der Waals surface area (Å²) >= 11 is 0. The van der Waals surface area contributed by atoms with E-state index in [0.717, 1.165) is 11.0 Å². The smallest absolute Gasteiger partial charge is 0.254 e. The second-order valence-electron chi connectivity index (χ2n) is 8.63. The SMILES string of the molecule is CC(c1cc2ccccc2o1)N(C)C(=O)c1cccc(N2NC(=O)C3CC=CCC3C2=O)c1. The molecule has 3 amide bonds. The third kappa shape index (κ3) is 3.69. The first-order valence-corrected chi connectivity index (χ1v) is 11.1.